The number of rotatable bonds is 3. The van der Waals surface area contributed by atoms with Crippen LogP contribution in [0.5, 0.6) is 5.75 Å². The van der Waals surface area contributed by atoms with Crippen LogP contribution in [0.1, 0.15) is 21.1 Å². The Bertz CT molecular complexity index is 1390. The minimum Gasteiger partial charge on any atom is -0.503 e. The summed E-state index contributed by atoms with van der Waals surface area (Å²) in [4.78, 5) is 27.7. The molecule has 34 heavy (non-hydrogen) atoms. The number of pyridine rings is 1. The lowest BCUT2D eigenvalue weighted by molar-refractivity contribution is -0.226. The molecule has 3 aliphatic heterocycles. The molecule has 9 nitrogen and oxygen atoms in total. The Labute approximate surface area is 195 Å². The first-order chi connectivity index (χ1) is 16.3. The molecule has 12 heteroatoms. The van der Waals surface area contributed by atoms with Crippen molar-refractivity contribution in [2.24, 2.45) is 5.41 Å². The first kappa shape index (κ1) is 21.3. The smallest absolute Gasteiger partial charge is 0.276 e. The van der Waals surface area contributed by atoms with Crippen LogP contribution in [0, 0.1) is 17.0 Å². The van der Waals surface area contributed by atoms with Crippen LogP contribution < -0.4 is 5.43 Å². The van der Waals surface area contributed by atoms with Gasteiger partial charge in [-0.3, -0.25) is 9.59 Å². The topological polar surface area (TPSA) is 107 Å². The highest BCUT2D eigenvalue weighted by Gasteiger charge is 2.50. The molecule has 2 saturated heterocycles. The molecule has 3 aliphatic rings. The van der Waals surface area contributed by atoms with Crippen molar-refractivity contribution in [1.82, 2.24) is 19.7 Å². The highest BCUT2D eigenvalue weighted by molar-refractivity contribution is 7.14. The molecule has 0 bridgehead atoms. The van der Waals surface area contributed by atoms with Crippen molar-refractivity contribution in [2.75, 3.05) is 26.4 Å². The maximum absolute atomic E-state index is 14.0. The van der Waals surface area contributed by atoms with Gasteiger partial charge in [0.2, 0.25) is 5.43 Å². The Hall–Kier alpha value is -3.22. The molecule has 1 amide bonds. The molecule has 3 aromatic rings. The third-order valence-electron chi connectivity index (χ3n) is 6.38. The molecule has 1 atom stereocenters. The van der Waals surface area contributed by atoms with Gasteiger partial charge in [-0.2, -0.15) is 0 Å². The second-order valence-corrected chi connectivity index (χ2v) is 9.89. The average Bonchev–Trinajstić information content (AvgIpc) is 3.25. The third-order valence-corrected chi connectivity index (χ3v) is 7.33. The number of carbonyl (C=O) groups excluding carboxylic acids is 1. The van der Waals surface area contributed by atoms with Crippen LogP contribution in [0.25, 0.3) is 10.6 Å². The molecular formula is C22H18F2N4O5S. The summed E-state index contributed by atoms with van der Waals surface area (Å²) >= 11 is 1.05. The molecule has 1 N–H and O–H groups in total. The van der Waals surface area contributed by atoms with Gasteiger partial charge in [-0.1, -0.05) is 17.4 Å². The molecule has 1 unspecified atom stereocenters. The van der Waals surface area contributed by atoms with Crippen molar-refractivity contribution >= 4 is 17.2 Å². The number of amides is 1. The average molecular weight is 488 g/mol. The summed E-state index contributed by atoms with van der Waals surface area (Å²) in [5.41, 5.74) is -0.760. The summed E-state index contributed by atoms with van der Waals surface area (Å²) in [5.74, 6) is -2.52. The van der Waals surface area contributed by atoms with Crippen molar-refractivity contribution < 1.29 is 28.2 Å². The van der Waals surface area contributed by atoms with Gasteiger partial charge in [0, 0.05) is 25.2 Å². The summed E-state index contributed by atoms with van der Waals surface area (Å²) in [7, 11) is 0. The van der Waals surface area contributed by atoms with E-state index in [1.165, 1.54) is 16.8 Å². The van der Waals surface area contributed by atoms with E-state index in [2.05, 4.69) is 10.2 Å². The van der Waals surface area contributed by atoms with E-state index in [0.29, 0.717) is 31.4 Å². The number of hydrogen-bond donors (Lipinski definition) is 1. The number of nitrogens with zero attached hydrogens (tertiary/aromatic N) is 4. The van der Waals surface area contributed by atoms with Gasteiger partial charge in [-0.05, 0) is 11.6 Å². The lowest BCUT2D eigenvalue weighted by atomic mass is 9.84. The van der Waals surface area contributed by atoms with Gasteiger partial charge in [-0.15, -0.1) is 10.2 Å². The predicted molar refractivity (Wildman–Crippen MR) is 114 cm³/mol. The van der Waals surface area contributed by atoms with E-state index >= 15 is 0 Å². The summed E-state index contributed by atoms with van der Waals surface area (Å²) in [6.45, 7) is 2.15. The zero-order chi connectivity index (χ0) is 23.6. The number of halogens is 2. The molecule has 5 heterocycles. The molecule has 1 spiro atoms. The van der Waals surface area contributed by atoms with Gasteiger partial charge in [0.1, 0.15) is 16.6 Å². The van der Waals surface area contributed by atoms with Gasteiger partial charge in [0.15, 0.2) is 22.7 Å². The lowest BCUT2D eigenvalue weighted by Crippen LogP contribution is -2.64. The Kier molecular flexibility index (Phi) is 4.80. The fourth-order valence-electron chi connectivity index (χ4n) is 4.53. The monoisotopic (exact) mass is 488 g/mol. The number of carbonyl (C=O) groups is 1. The molecule has 2 fully saturated rings. The van der Waals surface area contributed by atoms with Crippen LogP contribution in [0.2, 0.25) is 0 Å². The van der Waals surface area contributed by atoms with E-state index in [1.54, 1.807) is 4.90 Å². The normalized spacial score (nSPS) is 20.7. The maximum atomic E-state index is 14.0. The summed E-state index contributed by atoms with van der Waals surface area (Å²) in [6.07, 6.45) is 1.01. The highest BCUT2D eigenvalue weighted by Crippen LogP contribution is 2.38. The minimum atomic E-state index is -0.742. The zero-order valence-corrected chi connectivity index (χ0v) is 18.5. The number of hydrogen-bond acceptors (Lipinski definition) is 8. The Morgan fingerprint density at radius 1 is 1.21 bits per heavy atom. The standard InChI is InChI=1S/C22H18F2N4O5S/c23-12-2-1-11(14(24)4-12)3-15-25-26-20(34-15)13-5-27-6-16-28(7-22(10-33-16)8-32-9-22)21(31)17(27)19(30)18(13)29/h1-2,4-5,16,30H,3,6-10H2. The van der Waals surface area contributed by atoms with E-state index in [4.69, 9.17) is 9.47 Å². The van der Waals surface area contributed by atoms with E-state index < -0.39 is 34.9 Å². The second-order valence-electron chi connectivity index (χ2n) is 8.83. The van der Waals surface area contributed by atoms with Crippen molar-refractivity contribution in [3.8, 4) is 16.3 Å². The maximum Gasteiger partial charge on any atom is 0.276 e. The first-order valence-corrected chi connectivity index (χ1v) is 11.4. The summed E-state index contributed by atoms with van der Waals surface area (Å²) in [5, 5.41) is 19.3. The van der Waals surface area contributed by atoms with Crippen LogP contribution in [0.15, 0.2) is 29.2 Å². The lowest BCUT2D eigenvalue weighted by Gasteiger charge is -2.52. The minimum absolute atomic E-state index is 0.0663. The van der Waals surface area contributed by atoms with Crippen molar-refractivity contribution in [2.45, 2.75) is 19.2 Å². The van der Waals surface area contributed by atoms with Gasteiger partial charge in [0.25, 0.3) is 5.91 Å². The molecule has 0 saturated carbocycles. The number of benzene rings is 1. The van der Waals surface area contributed by atoms with Crippen LogP contribution in [-0.4, -0.2) is 63.3 Å². The second kappa shape index (κ2) is 7.65. The van der Waals surface area contributed by atoms with Crippen molar-refractivity contribution in [3.63, 3.8) is 0 Å². The van der Waals surface area contributed by atoms with Gasteiger partial charge >= 0.3 is 0 Å². The van der Waals surface area contributed by atoms with Crippen molar-refractivity contribution in [3.05, 3.63) is 62.5 Å². The fraction of sp³-hybridized carbons (Fsp3) is 0.364. The predicted octanol–water partition coefficient (Wildman–Crippen LogP) is 1.77. The number of aromatic hydroxyl groups is 1. The number of aromatic nitrogens is 3. The van der Waals surface area contributed by atoms with Crippen LogP contribution in [-0.2, 0) is 22.4 Å². The van der Waals surface area contributed by atoms with E-state index in [0.717, 1.165) is 23.5 Å². The molecule has 0 aliphatic carbocycles. The van der Waals surface area contributed by atoms with Gasteiger partial charge < -0.3 is 24.0 Å². The van der Waals surface area contributed by atoms with Crippen molar-refractivity contribution in [1.29, 1.82) is 0 Å². The molecule has 6 rings (SSSR count). The fourth-order valence-corrected chi connectivity index (χ4v) is 5.40. The molecule has 1 aromatic carbocycles. The largest absolute Gasteiger partial charge is 0.503 e. The SMILES string of the molecule is O=C1c2c(O)c(=O)c(-c3nnc(Cc4ccc(F)cc4F)s3)cn2CC2OCC3(COC3)CN12. The molecule has 0 radical (unpaired) electrons. The number of ether oxygens (including phenoxy) is 2. The Balaban J connectivity index is 1.32. The Morgan fingerprint density at radius 2 is 2.03 bits per heavy atom. The van der Waals surface area contributed by atoms with Crippen LogP contribution in [0.4, 0.5) is 8.78 Å². The molecule has 176 valence electrons. The Morgan fingerprint density at radius 3 is 2.76 bits per heavy atom. The van der Waals surface area contributed by atoms with Gasteiger partial charge in [0.05, 0.1) is 37.3 Å². The van der Waals surface area contributed by atoms with E-state index in [1.807, 2.05) is 0 Å². The van der Waals surface area contributed by atoms with E-state index in [9.17, 15) is 23.5 Å². The molecular weight excluding hydrogens is 470 g/mol. The zero-order valence-electron chi connectivity index (χ0n) is 17.7. The quantitative estimate of drug-likeness (QED) is 0.599. The van der Waals surface area contributed by atoms with Crippen LogP contribution in [0.3, 0.4) is 0 Å². The number of fused-ring (bicyclic) bond motifs is 2. The molecule has 2 aromatic heterocycles. The highest BCUT2D eigenvalue weighted by atomic mass is 32.1. The van der Waals surface area contributed by atoms with E-state index in [-0.39, 0.29) is 40.2 Å². The summed E-state index contributed by atoms with van der Waals surface area (Å²) < 4.78 is 39.9. The summed E-state index contributed by atoms with van der Waals surface area (Å²) in [6, 6.07) is 3.27. The van der Waals surface area contributed by atoms with Gasteiger partial charge in [-0.25, -0.2) is 8.78 Å². The first-order valence-electron chi connectivity index (χ1n) is 10.6. The van der Waals surface area contributed by atoms with Crippen LogP contribution >= 0.6 is 11.3 Å². The third kappa shape index (κ3) is 3.32.